The first-order chi connectivity index (χ1) is 7.40. The lowest BCUT2D eigenvalue weighted by atomic mass is 9.80. The maximum atomic E-state index is 9.28. The van der Waals surface area contributed by atoms with Crippen LogP contribution in [0.2, 0.25) is 0 Å². The van der Waals surface area contributed by atoms with E-state index >= 15 is 0 Å². The van der Waals surface area contributed by atoms with Crippen LogP contribution in [0.4, 0.5) is 0 Å². The van der Waals surface area contributed by atoms with E-state index in [1.807, 2.05) is 18.2 Å². The molecule has 1 aliphatic rings. The fourth-order valence-electron chi connectivity index (χ4n) is 2.07. The van der Waals surface area contributed by atoms with E-state index in [4.69, 9.17) is 0 Å². The van der Waals surface area contributed by atoms with Gasteiger partial charge in [0.2, 0.25) is 0 Å². The molecule has 0 aliphatic heterocycles. The Morgan fingerprint density at radius 2 is 2.00 bits per heavy atom. The van der Waals surface area contributed by atoms with Crippen molar-refractivity contribution in [1.82, 2.24) is 5.32 Å². The van der Waals surface area contributed by atoms with Crippen molar-refractivity contribution < 1.29 is 5.11 Å². The number of aliphatic hydroxyl groups excluding tert-OH is 1. The Morgan fingerprint density at radius 3 is 2.53 bits per heavy atom. The predicted molar refractivity (Wildman–Crippen MR) is 61.5 cm³/mol. The summed E-state index contributed by atoms with van der Waals surface area (Å²) in [7, 11) is 0. The molecule has 0 radical (unpaired) electrons. The van der Waals surface area contributed by atoms with Crippen molar-refractivity contribution in [3.8, 4) is 0 Å². The van der Waals surface area contributed by atoms with Crippen LogP contribution in [0.25, 0.3) is 0 Å². The fourth-order valence-corrected chi connectivity index (χ4v) is 2.07. The Balaban J connectivity index is 1.80. The van der Waals surface area contributed by atoms with Gasteiger partial charge in [-0.1, -0.05) is 36.8 Å². The van der Waals surface area contributed by atoms with E-state index in [-0.39, 0.29) is 6.61 Å². The van der Waals surface area contributed by atoms with Crippen LogP contribution >= 0.6 is 0 Å². The normalized spacial score (nSPS) is 18.5. The molecule has 2 heteroatoms. The maximum absolute atomic E-state index is 9.28. The van der Waals surface area contributed by atoms with Crippen molar-refractivity contribution in [2.75, 3.05) is 6.61 Å². The second-order valence-electron chi connectivity index (χ2n) is 4.35. The van der Waals surface area contributed by atoms with Crippen LogP contribution in [0, 0.1) is 5.92 Å². The molecule has 15 heavy (non-hydrogen) atoms. The van der Waals surface area contributed by atoms with E-state index < -0.39 is 0 Å². The van der Waals surface area contributed by atoms with E-state index in [1.54, 1.807) is 0 Å². The minimum atomic E-state index is 0.261. The third-order valence-corrected chi connectivity index (χ3v) is 3.33. The fraction of sp³-hybridized carbons (Fsp3) is 0.538. The third kappa shape index (κ3) is 2.80. The van der Waals surface area contributed by atoms with Crippen LogP contribution < -0.4 is 5.32 Å². The Bertz CT molecular complexity index is 282. The summed E-state index contributed by atoms with van der Waals surface area (Å²) in [5.74, 6) is 0.693. The first-order valence-electron chi connectivity index (χ1n) is 5.78. The highest BCUT2D eigenvalue weighted by Crippen LogP contribution is 2.29. The monoisotopic (exact) mass is 205 g/mol. The van der Waals surface area contributed by atoms with Crippen molar-refractivity contribution in [2.24, 2.45) is 5.92 Å². The second kappa shape index (κ2) is 5.29. The van der Waals surface area contributed by atoms with E-state index in [0.717, 1.165) is 6.54 Å². The summed E-state index contributed by atoms with van der Waals surface area (Å²) in [4.78, 5) is 0. The van der Waals surface area contributed by atoms with Crippen LogP contribution in [-0.2, 0) is 6.54 Å². The van der Waals surface area contributed by atoms with E-state index in [0.29, 0.717) is 12.0 Å². The molecule has 0 aromatic heterocycles. The molecule has 2 rings (SSSR count). The molecular weight excluding hydrogens is 186 g/mol. The van der Waals surface area contributed by atoms with Crippen molar-refractivity contribution in [3.63, 3.8) is 0 Å². The molecule has 0 saturated heterocycles. The number of nitrogens with one attached hydrogen (secondary N) is 1. The second-order valence-corrected chi connectivity index (χ2v) is 4.35. The van der Waals surface area contributed by atoms with Gasteiger partial charge in [-0.3, -0.25) is 0 Å². The van der Waals surface area contributed by atoms with Gasteiger partial charge in [0.1, 0.15) is 0 Å². The predicted octanol–water partition coefficient (Wildman–Crippen LogP) is 1.94. The molecule has 2 N–H and O–H groups in total. The molecular formula is C13H19NO. The van der Waals surface area contributed by atoms with Crippen LogP contribution in [0.5, 0.6) is 0 Å². The van der Waals surface area contributed by atoms with Gasteiger partial charge in [0.05, 0.1) is 6.61 Å². The van der Waals surface area contributed by atoms with E-state index in [9.17, 15) is 5.11 Å². The molecule has 82 valence electrons. The number of aliphatic hydroxyl groups is 1. The van der Waals surface area contributed by atoms with Gasteiger partial charge in [-0.05, 0) is 24.3 Å². The maximum Gasteiger partial charge on any atom is 0.0587 e. The van der Waals surface area contributed by atoms with Crippen LogP contribution in [0.15, 0.2) is 30.3 Å². The van der Waals surface area contributed by atoms with Gasteiger partial charge in [-0.15, -0.1) is 0 Å². The molecule has 0 bridgehead atoms. The zero-order valence-electron chi connectivity index (χ0n) is 9.02. The minimum absolute atomic E-state index is 0.261. The molecule has 1 unspecified atom stereocenters. The van der Waals surface area contributed by atoms with Gasteiger partial charge in [0, 0.05) is 12.6 Å². The average molecular weight is 205 g/mol. The van der Waals surface area contributed by atoms with Crippen molar-refractivity contribution >= 4 is 0 Å². The standard InChI is InChI=1S/C13H19NO/c15-10-13(12-7-4-8-12)14-9-11-5-2-1-3-6-11/h1-3,5-6,12-15H,4,7-10H2. The Kier molecular flexibility index (Phi) is 3.75. The lowest BCUT2D eigenvalue weighted by molar-refractivity contribution is 0.148. The molecule has 1 saturated carbocycles. The summed E-state index contributed by atoms with van der Waals surface area (Å²) in [6.07, 6.45) is 3.87. The Morgan fingerprint density at radius 1 is 1.27 bits per heavy atom. The van der Waals surface area contributed by atoms with Gasteiger partial charge in [-0.2, -0.15) is 0 Å². The van der Waals surface area contributed by atoms with Crippen molar-refractivity contribution in [1.29, 1.82) is 0 Å². The lowest BCUT2D eigenvalue weighted by Gasteiger charge is -2.33. The molecule has 1 aliphatic carbocycles. The first kappa shape index (κ1) is 10.7. The summed E-state index contributed by atoms with van der Waals surface area (Å²) in [5, 5.41) is 12.7. The summed E-state index contributed by atoms with van der Waals surface area (Å²) in [6, 6.07) is 10.6. The molecule has 1 aromatic rings. The molecule has 1 fully saturated rings. The molecule has 0 amide bonds. The quantitative estimate of drug-likeness (QED) is 0.770. The molecule has 0 heterocycles. The van der Waals surface area contributed by atoms with Gasteiger partial charge < -0.3 is 10.4 Å². The van der Waals surface area contributed by atoms with Crippen LogP contribution in [0.3, 0.4) is 0 Å². The Hall–Kier alpha value is -0.860. The van der Waals surface area contributed by atoms with Crippen molar-refractivity contribution in [2.45, 2.75) is 31.8 Å². The third-order valence-electron chi connectivity index (χ3n) is 3.33. The molecule has 1 aromatic carbocycles. The van der Waals surface area contributed by atoms with Crippen LogP contribution in [-0.4, -0.2) is 17.8 Å². The van der Waals surface area contributed by atoms with Gasteiger partial charge in [-0.25, -0.2) is 0 Å². The van der Waals surface area contributed by atoms with E-state index in [2.05, 4.69) is 17.4 Å². The SMILES string of the molecule is OCC(NCc1ccccc1)C1CCC1. The largest absolute Gasteiger partial charge is 0.395 e. The minimum Gasteiger partial charge on any atom is -0.395 e. The molecule has 2 nitrogen and oxygen atoms in total. The van der Waals surface area contributed by atoms with Gasteiger partial charge in [0.25, 0.3) is 0 Å². The zero-order valence-corrected chi connectivity index (χ0v) is 9.02. The van der Waals surface area contributed by atoms with E-state index in [1.165, 1.54) is 24.8 Å². The molecule has 0 spiro atoms. The smallest absolute Gasteiger partial charge is 0.0587 e. The summed E-state index contributed by atoms with van der Waals surface area (Å²) in [5.41, 5.74) is 1.29. The highest BCUT2D eigenvalue weighted by molar-refractivity contribution is 5.14. The molecule has 1 atom stereocenters. The van der Waals surface area contributed by atoms with Gasteiger partial charge >= 0.3 is 0 Å². The number of hydrogen-bond acceptors (Lipinski definition) is 2. The highest BCUT2D eigenvalue weighted by atomic mass is 16.3. The lowest BCUT2D eigenvalue weighted by Crippen LogP contribution is -2.41. The highest BCUT2D eigenvalue weighted by Gasteiger charge is 2.25. The topological polar surface area (TPSA) is 32.3 Å². The number of benzene rings is 1. The summed E-state index contributed by atoms with van der Waals surface area (Å²) >= 11 is 0. The van der Waals surface area contributed by atoms with Crippen LogP contribution in [0.1, 0.15) is 24.8 Å². The van der Waals surface area contributed by atoms with Gasteiger partial charge in [0.15, 0.2) is 0 Å². The number of rotatable bonds is 5. The van der Waals surface area contributed by atoms with Crippen molar-refractivity contribution in [3.05, 3.63) is 35.9 Å². The average Bonchev–Trinajstić information content (AvgIpc) is 2.23. The Labute approximate surface area is 91.3 Å². The first-order valence-corrected chi connectivity index (χ1v) is 5.78. The zero-order chi connectivity index (χ0) is 10.5. The summed E-state index contributed by atoms with van der Waals surface area (Å²) < 4.78 is 0. The number of hydrogen-bond donors (Lipinski definition) is 2. The summed E-state index contributed by atoms with van der Waals surface area (Å²) in [6.45, 7) is 1.13.